The number of hydrogen-bond acceptors (Lipinski definition) is 2. The molecule has 1 amide bonds. The maximum atomic E-state index is 10.4. The molecule has 0 spiro atoms. The van der Waals surface area contributed by atoms with Gasteiger partial charge in [-0.2, -0.15) is 0 Å². The average molecular weight is 172 g/mol. The van der Waals surface area contributed by atoms with E-state index < -0.39 is 0 Å². The highest BCUT2D eigenvalue weighted by Gasteiger charge is 2.10. The molecule has 12 heavy (non-hydrogen) atoms. The fraction of sp³-hybridized carbons (Fsp3) is 0.875. The number of carbonyl (C=O) groups excluding carboxylic acids is 1. The van der Waals surface area contributed by atoms with E-state index in [1.54, 1.807) is 0 Å². The monoisotopic (exact) mass is 172 g/mol. The first-order valence-electron chi connectivity index (χ1n) is 4.61. The van der Waals surface area contributed by atoms with Crippen LogP contribution >= 0.6 is 0 Å². The average Bonchev–Trinajstić information content (AvgIpc) is 2.05. The minimum atomic E-state index is -0.182. The van der Waals surface area contributed by atoms with Crippen LogP contribution in [0.3, 0.4) is 0 Å². The van der Waals surface area contributed by atoms with Crippen LogP contribution in [-0.4, -0.2) is 43.5 Å². The van der Waals surface area contributed by atoms with E-state index in [-0.39, 0.29) is 5.91 Å². The van der Waals surface area contributed by atoms with Crippen LogP contribution in [0.4, 0.5) is 0 Å². The molecule has 1 fully saturated rings. The number of nitrogens with zero attached hydrogens (tertiary/aromatic N) is 1. The third kappa shape index (κ3) is 3.69. The predicted octanol–water partition coefficient (Wildman–Crippen LogP) is -1.87. The van der Waals surface area contributed by atoms with Gasteiger partial charge < -0.3 is 11.1 Å². The van der Waals surface area contributed by atoms with Crippen LogP contribution in [0, 0.1) is 0 Å². The van der Waals surface area contributed by atoms with Gasteiger partial charge in [0, 0.05) is 19.5 Å². The third-order valence-electron chi connectivity index (χ3n) is 2.20. The second-order valence-electron chi connectivity index (χ2n) is 3.28. The summed E-state index contributed by atoms with van der Waals surface area (Å²) in [7, 11) is 0. The molecule has 4 N–H and O–H groups in total. The maximum Gasteiger partial charge on any atom is 0.217 e. The second-order valence-corrected chi connectivity index (χ2v) is 3.28. The zero-order valence-electron chi connectivity index (χ0n) is 7.46. The lowest BCUT2D eigenvalue weighted by atomic mass is 10.2. The van der Waals surface area contributed by atoms with E-state index in [0.717, 1.165) is 26.1 Å². The van der Waals surface area contributed by atoms with Gasteiger partial charge in [0.25, 0.3) is 0 Å². The Morgan fingerprint density at radius 1 is 1.42 bits per heavy atom. The summed E-state index contributed by atoms with van der Waals surface area (Å²) in [5.41, 5.74) is 5.04. The van der Waals surface area contributed by atoms with Gasteiger partial charge in [-0.25, -0.2) is 0 Å². The van der Waals surface area contributed by atoms with Crippen molar-refractivity contribution >= 4 is 5.91 Å². The molecular weight excluding hydrogens is 154 g/mol. The minimum Gasteiger partial charge on any atom is -0.370 e. The van der Waals surface area contributed by atoms with Gasteiger partial charge in [0.05, 0.1) is 13.1 Å². The van der Waals surface area contributed by atoms with Crippen molar-refractivity contribution in [1.82, 2.24) is 4.90 Å². The summed E-state index contributed by atoms with van der Waals surface area (Å²) in [6, 6.07) is 0. The number of hydrogen-bond donors (Lipinski definition) is 2. The summed E-state index contributed by atoms with van der Waals surface area (Å²) in [5.74, 6) is -0.182. The van der Waals surface area contributed by atoms with Crippen molar-refractivity contribution in [1.29, 1.82) is 0 Å². The van der Waals surface area contributed by atoms with Crippen LogP contribution < -0.4 is 11.1 Å². The molecule has 70 valence electrons. The van der Waals surface area contributed by atoms with Gasteiger partial charge in [-0.3, -0.25) is 9.69 Å². The maximum absolute atomic E-state index is 10.4. The number of quaternary nitrogens is 1. The van der Waals surface area contributed by atoms with Crippen LogP contribution in [0.25, 0.3) is 0 Å². The molecular formula is C8H18N3O+. The Hall–Kier alpha value is -0.610. The molecule has 0 aromatic heterocycles. The van der Waals surface area contributed by atoms with Crippen LogP contribution in [-0.2, 0) is 4.79 Å². The van der Waals surface area contributed by atoms with Gasteiger partial charge in [0.2, 0.25) is 5.91 Å². The number of nitrogens with two attached hydrogens (primary N) is 2. The molecule has 1 heterocycles. The quantitative estimate of drug-likeness (QED) is 0.522. The van der Waals surface area contributed by atoms with Crippen molar-refractivity contribution in [3.05, 3.63) is 0 Å². The van der Waals surface area contributed by atoms with Crippen molar-refractivity contribution in [3.63, 3.8) is 0 Å². The van der Waals surface area contributed by atoms with E-state index in [1.165, 1.54) is 13.1 Å². The molecule has 0 atom stereocenters. The van der Waals surface area contributed by atoms with Crippen LogP contribution in [0.5, 0.6) is 0 Å². The molecule has 0 aliphatic carbocycles. The second kappa shape index (κ2) is 5.11. The Bertz CT molecular complexity index is 143. The predicted molar refractivity (Wildman–Crippen MR) is 46.5 cm³/mol. The molecule has 4 heteroatoms. The fourth-order valence-corrected chi connectivity index (χ4v) is 1.50. The van der Waals surface area contributed by atoms with Gasteiger partial charge in [0.1, 0.15) is 0 Å². The number of amides is 1. The highest BCUT2D eigenvalue weighted by atomic mass is 16.1. The first-order chi connectivity index (χ1) is 5.79. The molecule has 0 radical (unpaired) electrons. The van der Waals surface area contributed by atoms with Crippen molar-refractivity contribution in [2.75, 3.05) is 32.7 Å². The molecule has 0 aromatic carbocycles. The molecule has 1 aliphatic rings. The Morgan fingerprint density at radius 2 is 2.08 bits per heavy atom. The van der Waals surface area contributed by atoms with Gasteiger partial charge >= 0.3 is 0 Å². The van der Waals surface area contributed by atoms with Crippen molar-refractivity contribution in [3.8, 4) is 0 Å². The lowest BCUT2D eigenvalue weighted by molar-refractivity contribution is -0.663. The van der Waals surface area contributed by atoms with Crippen LogP contribution in [0.1, 0.15) is 12.8 Å². The number of rotatable bonds is 4. The Labute approximate surface area is 73.1 Å². The summed E-state index contributed by atoms with van der Waals surface area (Å²) in [5, 5.41) is 2.32. The first kappa shape index (κ1) is 9.48. The van der Waals surface area contributed by atoms with Gasteiger partial charge in [-0.1, -0.05) is 0 Å². The van der Waals surface area contributed by atoms with Gasteiger partial charge in [0.15, 0.2) is 0 Å². The van der Waals surface area contributed by atoms with E-state index in [0.29, 0.717) is 6.42 Å². The molecule has 0 saturated carbocycles. The van der Waals surface area contributed by atoms with E-state index >= 15 is 0 Å². The largest absolute Gasteiger partial charge is 0.370 e. The topological polar surface area (TPSA) is 62.9 Å². The normalized spacial score (nSPS) is 19.3. The van der Waals surface area contributed by atoms with E-state index in [4.69, 9.17) is 5.73 Å². The van der Waals surface area contributed by atoms with Crippen molar-refractivity contribution in [2.24, 2.45) is 5.73 Å². The molecule has 4 nitrogen and oxygen atoms in total. The Balaban J connectivity index is 2.01. The smallest absolute Gasteiger partial charge is 0.217 e. The van der Waals surface area contributed by atoms with Crippen molar-refractivity contribution < 1.29 is 10.1 Å². The summed E-state index contributed by atoms with van der Waals surface area (Å²) in [6.07, 6.45) is 1.44. The summed E-state index contributed by atoms with van der Waals surface area (Å²) >= 11 is 0. The molecule has 1 aliphatic heterocycles. The van der Waals surface area contributed by atoms with E-state index in [2.05, 4.69) is 10.2 Å². The Kier molecular flexibility index (Phi) is 4.04. The fourth-order valence-electron chi connectivity index (χ4n) is 1.50. The standard InChI is InChI=1S/C8H17N3O/c9-8(12)2-1-5-11-6-3-10-4-7-11/h10H,1-7H2,(H2,9,12)/p+1. The number of carbonyl (C=O) groups is 1. The lowest BCUT2D eigenvalue weighted by Crippen LogP contribution is -2.89. The summed E-state index contributed by atoms with van der Waals surface area (Å²) < 4.78 is 0. The zero-order chi connectivity index (χ0) is 8.81. The first-order valence-corrected chi connectivity index (χ1v) is 4.61. The SMILES string of the molecule is NC(=O)CCCN1CC[NH2+]CC1. The van der Waals surface area contributed by atoms with E-state index in [9.17, 15) is 4.79 Å². The minimum absolute atomic E-state index is 0.182. The van der Waals surface area contributed by atoms with Crippen LogP contribution in [0.15, 0.2) is 0 Å². The van der Waals surface area contributed by atoms with Crippen molar-refractivity contribution in [2.45, 2.75) is 12.8 Å². The summed E-state index contributed by atoms with van der Waals surface area (Å²) in [4.78, 5) is 12.8. The number of primary amides is 1. The highest BCUT2D eigenvalue weighted by Crippen LogP contribution is 1.94. The molecule has 1 rings (SSSR count). The Morgan fingerprint density at radius 3 is 2.67 bits per heavy atom. The molecule has 0 bridgehead atoms. The van der Waals surface area contributed by atoms with Gasteiger partial charge in [-0.15, -0.1) is 0 Å². The number of piperazine rings is 1. The molecule has 0 unspecified atom stereocenters. The zero-order valence-corrected chi connectivity index (χ0v) is 7.46. The van der Waals surface area contributed by atoms with Crippen LogP contribution in [0.2, 0.25) is 0 Å². The molecule has 1 saturated heterocycles. The highest BCUT2D eigenvalue weighted by molar-refractivity contribution is 5.73. The van der Waals surface area contributed by atoms with E-state index in [1.807, 2.05) is 0 Å². The third-order valence-corrected chi connectivity index (χ3v) is 2.20. The summed E-state index contributed by atoms with van der Waals surface area (Å²) in [6.45, 7) is 5.71. The lowest BCUT2D eigenvalue weighted by Gasteiger charge is -2.24. The van der Waals surface area contributed by atoms with Gasteiger partial charge in [-0.05, 0) is 13.0 Å². The molecule has 0 aromatic rings.